The molecule has 0 saturated carbocycles. The summed E-state index contributed by atoms with van der Waals surface area (Å²) in [6.45, 7) is 5.48. The summed E-state index contributed by atoms with van der Waals surface area (Å²) in [5.41, 5.74) is 1.16. The van der Waals surface area contributed by atoms with E-state index in [4.69, 9.17) is 4.74 Å². The van der Waals surface area contributed by atoms with Crippen molar-refractivity contribution in [2.45, 2.75) is 33.3 Å². The van der Waals surface area contributed by atoms with Crippen molar-refractivity contribution in [2.24, 2.45) is 0 Å². The first kappa shape index (κ1) is 16.4. The van der Waals surface area contributed by atoms with Gasteiger partial charge in [-0.15, -0.1) is 11.3 Å². The molecule has 1 amide bonds. The molecule has 0 aromatic carbocycles. The molecule has 0 unspecified atom stereocenters. The van der Waals surface area contributed by atoms with Crippen LogP contribution in [0.4, 0.5) is 14.5 Å². The number of rotatable bonds is 5. The fourth-order valence-corrected chi connectivity index (χ4v) is 2.57. The van der Waals surface area contributed by atoms with Gasteiger partial charge in [-0.25, -0.2) is 13.8 Å². The van der Waals surface area contributed by atoms with E-state index in [2.05, 4.69) is 10.3 Å². The Morgan fingerprint density at radius 3 is 2.77 bits per heavy atom. The Hall–Kier alpha value is -2.02. The molecule has 0 aliphatic carbocycles. The molecule has 2 rings (SSSR count). The van der Waals surface area contributed by atoms with Gasteiger partial charge in [0, 0.05) is 6.20 Å². The molecular formula is C15H16F2N2O2S. The van der Waals surface area contributed by atoms with Crippen molar-refractivity contribution in [2.75, 3.05) is 5.32 Å². The zero-order valence-electron chi connectivity index (χ0n) is 12.4. The predicted molar refractivity (Wildman–Crippen MR) is 82.0 cm³/mol. The van der Waals surface area contributed by atoms with Gasteiger partial charge in [-0.1, -0.05) is 0 Å². The van der Waals surface area contributed by atoms with Crippen LogP contribution in [0.3, 0.4) is 0 Å². The summed E-state index contributed by atoms with van der Waals surface area (Å²) in [5, 5.41) is 4.07. The number of aromatic nitrogens is 1. The minimum Gasteiger partial charge on any atom is -0.473 e. The maximum absolute atomic E-state index is 12.9. The number of hydrogen-bond acceptors (Lipinski definition) is 4. The van der Waals surface area contributed by atoms with Gasteiger partial charge in [0.25, 0.3) is 12.3 Å². The molecule has 0 bridgehead atoms. The van der Waals surface area contributed by atoms with Crippen LogP contribution >= 0.6 is 11.3 Å². The van der Waals surface area contributed by atoms with Crippen LogP contribution in [-0.4, -0.2) is 17.0 Å². The number of ether oxygens (including phenoxy) is 1. The number of alkyl halides is 2. The molecule has 0 radical (unpaired) electrons. The fraction of sp³-hybridized carbons (Fsp3) is 0.333. The van der Waals surface area contributed by atoms with Gasteiger partial charge in [-0.05, 0) is 43.8 Å². The standard InChI is InChI=1S/C15H16F2N2O2S/c1-8(2)21-15-11(6-9(3)7-18-15)19-14(20)10-4-5-22-12(10)13(16)17/h4-8,13H,1-3H3,(H,19,20). The average molecular weight is 326 g/mol. The van der Waals surface area contributed by atoms with E-state index < -0.39 is 12.3 Å². The lowest BCUT2D eigenvalue weighted by molar-refractivity contribution is 0.101. The molecule has 118 valence electrons. The number of carbonyl (C=O) groups excluding carboxylic acids is 1. The van der Waals surface area contributed by atoms with Crippen LogP contribution in [0, 0.1) is 6.92 Å². The molecule has 0 fully saturated rings. The van der Waals surface area contributed by atoms with E-state index in [9.17, 15) is 13.6 Å². The third kappa shape index (κ3) is 3.79. The summed E-state index contributed by atoms with van der Waals surface area (Å²) < 4.78 is 31.3. The van der Waals surface area contributed by atoms with Crippen LogP contribution in [0.15, 0.2) is 23.7 Å². The summed E-state index contributed by atoms with van der Waals surface area (Å²) in [5.74, 6) is -0.333. The van der Waals surface area contributed by atoms with E-state index in [0.29, 0.717) is 5.69 Å². The average Bonchev–Trinajstić information content (AvgIpc) is 2.91. The maximum Gasteiger partial charge on any atom is 0.273 e. The minimum absolute atomic E-state index is 0.0306. The lowest BCUT2D eigenvalue weighted by atomic mass is 10.2. The third-order valence-corrected chi connectivity index (χ3v) is 3.65. The second kappa shape index (κ2) is 6.83. The summed E-state index contributed by atoms with van der Waals surface area (Å²) >= 11 is 0.857. The number of carbonyl (C=O) groups is 1. The van der Waals surface area contributed by atoms with E-state index in [1.807, 2.05) is 20.8 Å². The zero-order chi connectivity index (χ0) is 16.3. The number of anilines is 1. The molecule has 1 N–H and O–H groups in total. The lowest BCUT2D eigenvalue weighted by Gasteiger charge is -2.14. The van der Waals surface area contributed by atoms with E-state index in [1.165, 1.54) is 11.4 Å². The van der Waals surface area contributed by atoms with Crippen LogP contribution in [0.25, 0.3) is 0 Å². The number of halogens is 2. The number of aryl methyl sites for hydroxylation is 1. The molecule has 0 spiro atoms. The second-order valence-corrected chi connectivity index (χ2v) is 5.93. The van der Waals surface area contributed by atoms with E-state index in [0.717, 1.165) is 16.9 Å². The first-order chi connectivity index (χ1) is 10.4. The van der Waals surface area contributed by atoms with Crippen LogP contribution in [0.5, 0.6) is 5.88 Å². The normalized spacial score (nSPS) is 11.0. The summed E-state index contributed by atoms with van der Waals surface area (Å²) in [4.78, 5) is 16.1. The van der Waals surface area contributed by atoms with Gasteiger partial charge in [-0.3, -0.25) is 4.79 Å². The van der Waals surface area contributed by atoms with Crippen molar-refractivity contribution in [1.29, 1.82) is 0 Å². The molecule has 0 aliphatic rings. The van der Waals surface area contributed by atoms with Gasteiger partial charge in [0.1, 0.15) is 5.69 Å². The predicted octanol–water partition coefficient (Wildman–Crippen LogP) is 4.43. The van der Waals surface area contributed by atoms with Crippen LogP contribution in [0.1, 0.15) is 41.1 Å². The highest BCUT2D eigenvalue weighted by atomic mass is 32.1. The monoisotopic (exact) mass is 326 g/mol. The van der Waals surface area contributed by atoms with Gasteiger partial charge < -0.3 is 10.1 Å². The Balaban J connectivity index is 2.27. The number of nitrogens with one attached hydrogen (secondary N) is 1. The minimum atomic E-state index is -2.68. The van der Waals surface area contributed by atoms with E-state index in [-0.39, 0.29) is 22.4 Å². The molecule has 0 aliphatic heterocycles. The summed E-state index contributed by atoms with van der Waals surface area (Å²) in [7, 11) is 0. The van der Waals surface area contributed by atoms with Crippen LogP contribution in [-0.2, 0) is 0 Å². The van der Waals surface area contributed by atoms with Crippen molar-refractivity contribution in [3.8, 4) is 5.88 Å². The number of hydrogen-bond donors (Lipinski definition) is 1. The first-order valence-electron chi connectivity index (χ1n) is 6.68. The largest absolute Gasteiger partial charge is 0.473 e. The molecule has 22 heavy (non-hydrogen) atoms. The number of thiophene rings is 1. The highest BCUT2D eigenvalue weighted by molar-refractivity contribution is 7.10. The highest BCUT2D eigenvalue weighted by Gasteiger charge is 2.21. The molecule has 7 heteroatoms. The Morgan fingerprint density at radius 1 is 1.41 bits per heavy atom. The Bertz CT molecular complexity index is 671. The fourth-order valence-electron chi connectivity index (χ4n) is 1.83. The number of amides is 1. The lowest BCUT2D eigenvalue weighted by Crippen LogP contribution is -2.16. The molecule has 2 aromatic heterocycles. The molecule has 0 atom stereocenters. The van der Waals surface area contributed by atoms with Gasteiger partial charge in [0.15, 0.2) is 0 Å². The Morgan fingerprint density at radius 2 is 2.14 bits per heavy atom. The van der Waals surface area contributed by atoms with Gasteiger partial charge >= 0.3 is 0 Å². The van der Waals surface area contributed by atoms with Gasteiger partial charge in [-0.2, -0.15) is 0 Å². The SMILES string of the molecule is Cc1cnc(OC(C)C)c(NC(=O)c2ccsc2C(F)F)c1. The van der Waals surface area contributed by atoms with E-state index in [1.54, 1.807) is 12.3 Å². The summed E-state index contributed by atoms with van der Waals surface area (Å²) in [6.07, 6.45) is -1.19. The van der Waals surface area contributed by atoms with Crippen molar-refractivity contribution in [1.82, 2.24) is 4.98 Å². The van der Waals surface area contributed by atoms with Crippen molar-refractivity contribution in [3.05, 3.63) is 39.7 Å². The van der Waals surface area contributed by atoms with Crippen molar-refractivity contribution < 1.29 is 18.3 Å². The molecule has 0 saturated heterocycles. The van der Waals surface area contributed by atoms with Crippen LogP contribution in [0.2, 0.25) is 0 Å². The van der Waals surface area contributed by atoms with Gasteiger partial charge in [0.05, 0.1) is 16.5 Å². The highest BCUT2D eigenvalue weighted by Crippen LogP contribution is 2.30. The Kier molecular flexibility index (Phi) is 5.07. The smallest absolute Gasteiger partial charge is 0.273 e. The van der Waals surface area contributed by atoms with Crippen molar-refractivity contribution >= 4 is 22.9 Å². The number of pyridine rings is 1. The zero-order valence-corrected chi connectivity index (χ0v) is 13.2. The summed E-state index contributed by atoms with van der Waals surface area (Å²) in [6, 6.07) is 3.07. The molecule has 2 aromatic rings. The third-order valence-electron chi connectivity index (χ3n) is 2.72. The van der Waals surface area contributed by atoms with Crippen LogP contribution < -0.4 is 10.1 Å². The number of nitrogens with zero attached hydrogens (tertiary/aromatic N) is 1. The molecule has 2 heterocycles. The van der Waals surface area contributed by atoms with Gasteiger partial charge in [0.2, 0.25) is 5.88 Å². The first-order valence-corrected chi connectivity index (χ1v) is 7.56. The topological polar surface area (TPSA) is 51.2 Å². The van der Waals surface area contributed by atoms with E-state index >= 15 is 0 Å². The maximum atomic E-state index is 12.9. The Labute approximate surface area is 131 Å². The van der Waals surface area contributed by atoms with Crippen molar-refractivity contribution in [3.63, 3.8) is 0 Å². The second-order valence-electron chi connectivity index (χ2n) is 4.99. The quantitative estimate of drug-likeness (QED) is 0.884. The molecule has 4 nitrogen and oxygen atoms in total. The molecular weight excluding hydrogens is 310 g/mol.